The van der Waals surface area contributed by atoms with Gasteiger partial charge < -0.3 is 5.11 Å². The summed E-state index contributed by atoms with van der Waals surface area (Å²) in [7, 11) is 0. The van der Waals surface area contributed by atoms with Crippen molar-refractivity contribution in [2.45, 2.75) is 13.8 Å². The van der Waals surface area contributed by atoms with Crippen LogP contribution in [0.15, 0.2) is 23.1 Å². The lowest BCUT2D eigenvalue weighted by atomic mass is 10.3. The standard InChI is InChI=1S/C10H10N2O5/c1-6(13)12(7(2)14)11-5-3-4-8(9(11)15)10(16)17/h3-5H,1-2H3,(H,16,17). The molecule has 0 atom stereocenters. The van der Waals surface area contributed by atoms with Gasteiger partial charge in [-0.2, -0.15) is 5.01 Å². The average Bonchev–Trinajstić information content (AvgIpc) is 2.19. The van der Waals surface area contributed by atoms with Gasteiger partial charge >= 0.3 is 5.97 Å². The maximum atomic E-state index is 11.7. The molecular formula is C10H10N2O5. The van der Waals surface area contributed by atoms with Crippen molar-refractivity contribution in [3.8, 4) is 0 Å². The molecule has 90 valence electrons. The Morgan fingerprint density at radius 3 is 2.18 bits per heavy atom. The van der Waals surface area contributed by atoms with Crippen LogP contribution in [0.3, 0.4) is 0 Å². The molecule has 1 heterocycles. The first-order valence-corrected chi connectivity index (χ1v) is 4.62. The molecule has 0 fully saturated rings. The van der Waals surface area contributed by atoms with E-state index < -0.39 is 28.9 Å². The molecule has 1 N–H and O–H groups in total. The molecule has 0 aliphatic heterocycles. The molecule has 0 bridgehead atoms. The minimum absolute atomic E-state index is 0.514. The van der Waals surface area contributed by atoms with E-state index >= 15 is 0 Å². The second-order valence-electron chi connectivity index (χ2n) is 3.23. The lowest BCUT2D eigenvalue weighted by Gasteiger charge is -2.19. The Hall–Kier alpha value is -2.44. The van der Waals surface area contributed by atoms with Crippen LogP contribution in [0, 0.1) is 0 Å². The molecule has 1 aromatic heterocycles. The van der Waals surface area contributed by atoms with Gasteiger partial charge in [0.2, 0.25) is 11.8 Å². The van der Waals surface area contributed by atoms with E-state index in [1.54, 1.807) is 0 Å². The zero-order valence-corrected chi connectivity index (χ0v) is 9.21. The number of imide groups is 1. The van der Waals surface area contributed by atoms with E-state index in [4.69, 9.17) is 5.11 Å². The molecule has 1 aromatic rings. The summed E-state index contributed by atoms with van der Waals surface area (Å²) in [4.78, 5) is 44.9. The highest BCUT2D eigenvalue weighted by Gasteiger charge is 2.20. The molecule has 0 aliphatic rings. The third kappa shape index (κ3) is 2.39. The van der Waals surface area contributed by atoms with Crippen LogP contribution in [0.4, 0.5) is 0 Å². The summed E-state index contributed by atoms with van der Waals surface area (Å²) >= 11 is 0. The molecule has 1 rings (SSSR count). The Balaban J connectivity index is 3.46. The molecule has 17 heavy (non-hydrogen) atoms. The number of aromatic nitrogens is 1. The summed E-state index contributed by atoms with van der Waals surface area (Å²) in [5, 5.41) is 9.31. The van der Waals surface area contributed by atoms with Gasteiger partial charge in [0, 0.05) is 20.0 Å². The fourth-order valence-corrected chi connectivity index (χ4v) is 1.33. The average molecular weight is 238 g/mol. The number of pyridine rings is 1. The summed E-state index contributed by atoms with van der Waals surface area (Å²) in [6, 6.07) is 2.36. The number of nitrogens with zero attached hydrogens (tertiary/aromatic N) is 2. The summed E-state index contributed by atoms with van der Waals surface area (Å²) in [6.45, 7) is 2.20. The van der Waals surface area contributed by atoms with Gasteiger partial charge in [0.1, 0.15) is 5.56 Å². The van der Waals surface area contributed by atoms with Crippen LogP contribution in [0.5, 0.6) is 0 Å². The second-order valence-corrected chi connectivity index (χ2v) is 3.23. The number of amides is 2. The number of carboxylic acids is 1. The van der Waals surface area contributed by atoms with Crippen molar-refractivity contribution in [2.24, 2.45) is 0 Å². The van der Waals surface area contributed by atoms with Crippen LogP contribution >= 0.6 is 0 Å². The number of aromatic carboxylic acids is 1. The number of hydrogen-bond acceptors (Lipinski definition) is 4. The van der Waals surface area contributed by atoms with Crippen molar-refractivity contribution in [2.75, 3.05) is 5.01 Å². The number of carbonyl (C=O) groups is 3. The number of carbonyl (C=O) groups excluding carboxylic acids is 2. The van der Waals surface area contributed by atoms with Crippen LogP contribution in [0.1, 0.15) is 24.2 Å². The SMILES string of the molecule is CC(=O)N(C(C)=O)n1cccc(C(=O)O)c1=O. The zero-order valence-electron chi connectivity index (χ0n) is 9.21. The molecule has 0 saturated carbocycles. The van der Waals surface area contributed by atoms with Gasteiger partial charge in [-0.25, -0.2) is 9.47 Å². The third-order valence-electron chi connectivity index (χ3n) is 1.97. The van der Waals surface area contributed by atoms with Crippen LogP contribution in [0.2, 0.25) is 0 Å². The Bertz CT molecular complexity index is 532. The largest absolute Gasteiger partial charge is 0.477 e. The lowest BCUT2D eigenvalue weighted by molar-refractivity contribution is -0.126. The monoisotopic (exact) mass is 238 g/mol. The predicted octanol–water partition coefficient (Wildman–Crippen LogP) is -0.422. The summed E-state index contributed by atoms with van der Waals surface area (Å²) in [5.74, 6) is -2.78. The molecule has 7 nitrogen and oxygen atoms in total. The van der Waals surface area contributed by atoms with Crippen molar-refractivity contribution >= 4 is 17.8 Å². The molecule has 0 aliphatic carbocycles. The maximum absolute atomic E-state index is 11.7. The van der Waals surface area contributed by atoms with Gasteiger partial charge in [-0.05, 0) is 12.1 Å². The first-order valence-electron chi connectivity index (χ1n) is 4.62. The number of hydrogen-bond donors (Lipinski definition) is 1. The fourth-order valence-electron chi connectivity index (χ4n) is 1.33. The van der Waals surface area contributed by atoms with E-state index in [1.807, 2.05) is 0 Å². The predicted molar refractivity (Wildman–Crippen MR) is 57.2 cm³/mol. The molecule has 0 saturated heterocycles. The highest BCUT2D eigenvalue weighted by Crippen LogP contribution is 1.95. The van der Waals surface area contributed by atoms with Gasteiger partial charge in [0.15, 0.2) is 0 Å². The quantitative estimate of drug-likeness (QED) is 0.754. The molecule has 0 spiro atoms. The van der Waals surface area contributed by atoms with Crippen molar-refractivity contribution in [3.05, 3.63) is 34.2 Å². The van der Waals surface area contributed by atoms with E-state index in [0.29, 0.717) is 9.69 Å². The second kappa shape index (κ2) is 4.60. The summed E-state index contributed by atoms with van der Waals surface area (Å²) in [5.41, 5.74) is -1.45. The normalized spacial score (nSPS) is 9.76. The first-order chi connectivity index (χ1) is 7.86. The summed E-state index contributed by atoms with van der Waals surface area (Å²) in [6.07, 6.45) is 1.15. The van der Waals surface area contributed by atoms with Gasteiger partial charge in [-0.1, -0.05) is 0 Å². The smallest absolute Gasteiger partial charge is 0.341 e. The highest BCUT2D eigenvalue weighted by atomic mass is 16.4. The van der Waals surface area contributed by atoms with Gasteiger partial charge in [-0.15, -0.1) is 0 Å². The van der Waals surface area contributed by atoms with Crippen LogP contribution in [-0.2, 0) is 9.59 Å². The van der Waals surface area contributed by atoms with Crippen LogP contribution in [0.25, 0.3) is 0 Å². The van der Waals surface area contributed by atoms with Crippen molar-refractivity contribution < 1.29 is 19.5 Å². The fraction of sp³-hybridized carbons (Fsp3) is 0.200. The van der Waals surface area contributed by atoms with Gasteiger partial charge in [-0.3, -0.25) is 14.4 Å². The minimum Gasteiger partial charge on any atom is -0.477 e. The topological polar surface area (TPSA) is 96.7 Å². The Morgan fingerprint density at radius 2 is 1.76 bits per heavy atom. The van der Waals surface area contributed by atoms with E-state index in [1.165, 1.54) is 6.07 Å². The first kappa shape index (κ1) is 12.6. The zero-order chi connectivity index (χ0) is 13.2. The van der Waals surface area contributed by atoms with E-state index in [9.17, 15) is 19.2 Å². The number of rotatable bonds is 2. The molecule has 7 heteroatoms. The lowest BCUT2D eigenvalue weighted by Crippen LogP contribution is -2.49. The van der Waals surface area contributed by atoms with Gasteiger partial charge in [0.25, 0.3) is 5.56 Å². The number of carboxylic acid groups (broad SMARTS) is 1. The maximum Gasteiger partial charge on any atom is 0.341 e. The van der Waals surface area contributed by atoms with Crippen molar-refractivity contribution in [1.82, 2.24) is 4.68 Å². The van der Waals surface area contributed by atoms with Crippen LogP contribution in [-0.4, -0.2) is 27.6 Å². The van der Waals surface area contributed by atoms with E-state index in [-0.39, 0.29) is 0 Å². The van der Waals surface area contributed by atoms with E-state index in [2.05, 4.69) is 0 Å². The highest BCUT2D eigenvalue weighted by molar-refractivity contribution is 6.06. The molecular weight excluding hydrogens is 228 g/mol. The molecule has 2 amide bonds. The minimum atomic E-state index is -1.42. The molecule has 0 unspecified atom stereocenters. The summed E-state index contributed by atoms with van der Waals surface area (Å²) < 4.78 is 0.675. The van der Waals surface area contributed by atoms with Crippen molar-refractivity contribution in [3.63, 3.8) is 0 Å². The Labute approximate surface area is 95.9 Å². The van der Waals surface area contributed by atoms with Crippen molar-refractivity contribution in [1.29, 1.82) is 0 Å². The van der Waals surface area contributed by atoms with Gasteiger partial charge in [0.05, 0.1) is 0 Å². The van der Waals surface area contributed by atoms with Crippen LogP contribution < -0.4 is 10.6 Å². The van der Waals surface area contributed by atoms with E-state index in [0.717, 1.165) is 26.1 Å². The Kier molecular flexibility index (Phi) is 3.42. The third-order valence-corrected chi connectivity index (χ3v) is 1.97. The molecule has 0 aromatic carbocycles. The Morgan fingerprint density at radius 1 is 1.24 bits per heavy atom. The molecule has 0 radical (unpaired) electrons.